The Balaban J connectivity index is 1.29. The van der Waals surface area contributed by atoms with E-state index in [0.717, 1.165) is 32.2 Å². The molecule has 2 heterocycles. The van der Waals surface area contributed by atoms with Crippen molar-refractivity contribution < 1.29 is 9.59 Å². The van der Waals surface area contributed by atoms with E-state index in [2.05, 4.69) is 45.1 Å². The van der Waals surface area contributed by atoms with Crippen LogP contribution in [0.2, 0.25) is 0 Å². The maximum atomic E-state index is 12.4. The van der Waals surface area contributed by atoms with Gasteiger partial charge in [0, 0.05) is 43.2 Å². The first kappa shape index (κ1) is 17.1. The number of carbonyl (C=O) groups is 2. The summed E-state index contributed by atoms with van der Waals surface area (Å²) in [7, 11) is 0. The van der Waals surface area contributed by atoms with Gasteiger partial charge >= 0.3 is 0 Å². The highest BCUT2D eigenvalue weighted by Gasteiger charge is 2.40. The molecule has 3 unspecified atom stereocenters. The predicted octanol–water partition coefficient (Wildman–Crippen LogP) is 1.96. The van der Waals surface area contributed by atoms with Crippen molar-refractivity contribution in [2.24, 2.45) is 11.8 Å². The minimum atomic E-state index is 0.0328. The topological polar surface area (TPSA) is 75.2 Å². The van der Waals surface area contributed by atoms with E-state index in [1.165, 1.54) is 10.9 Å². The second-order valence-electron chi connectivity index (χ2n) is 7.42. The van der Waals surface area contributed by atoms with Crippen molar-refractivity contribution in [3.63, 3.8) is 0 Å². The molecule has 2 aromatic rings. The molecule has 138 valence electrons. The number of aromatic nitrogens is 1. The minimum Gasteiger partial charge on any atom is -0.354 e. The standard InChI is InChI=1S/C20H26N4O2/c25-19(13-17-15-6-2-3-7-16(15)20(26)23-22-17)21-10-12-24-11-9-14-5-1-4-8-18(14)24/h1,4-5,8-9,11,15-17,22H,2-3,6-7,10,12-13H2,(H,21,25)(H,23,26). The first-order valence-electron chi connectivity index (χ1n) is 9.58. The van der Waals surface area contributed by atoms with Crippen LogP contribution in [-0.2, 0) is 16.1 Å². The molecule has 0 spiro atoms. The van der Waals surface area contributed by atoms with Gasteiger partial charge in [0.05, 0.1) is 0 Å². The zero-order valence-electron chi connectivity index (χ0n) is 14.9. The molecule has 2 amide bonds. The number of nitrogens with zero attached hydrogens (tertiary/aromatic N) is 1. The van der Waals surface area contributed by atoms with Crippen LogP contribution in [0.25, 0.3) is 10.9 Å². The Hall–Kier alpha value is -2.34. The smallest absolute Gasteiger partial charge is 0.237 e. The van der Waals surface area contributed by atoms with Gasteiger partial charge in [-0.15, -0.1) is 0 Å². The maximum absolute atomic E-state index is 12.4. The van der Waals surface area contributed by atoms with Gasteiger partial charge in [0.1, 0.15) is 0 Å². The summed E-state index contributed by atoms with van der Waals surface area (Å²) in [6.45, 7) is 1.35. The van der Waals surface area contributed by atoms with E-state index in [0.29, 0.717) is 13.0 Å². The third-order valence-corrected chi connectivity index (χ3v) is 5.81. The Kier molecular flexibility index (Phi) is 4.93. The summed E-state index contributed by atoms with van der Waals surface area (Å²) in [5.41, 5.74) is 7.01. The van der Waals surface area contributed by atoms with E-state index in [4.69, 9.17) is 0 Å². The number of carbonyl (C=O) groups excluding carboxylic acids is 2. The number of para-hydroxylation sites is 1. The summed E-state index contributed by atoms with van der Waals surface area (Å²) in [5.74, 6) is 0.468. The third-order valence-electron chi connectivity index (χ3n) is 5.81. The molecule has 1 aromatic carbocycles. The van der Waals surface area contributed by atoms with Gasteiger partial charge in [0.2, 0.25) is 11.8 Å². The van der Waals surface area contributed by atoms with Crippen LogP contribution in [0.3, 0.4) is 0 Å². The zero-order valence-corrected chi connectivity index (χ0v) is 14.9. The molecular formula is C20H26N4O2. The quantitative estimate of drug-likeness (QED) is 0.768. The molecule has 2 aliphatic rings. The van der Waals surface area contributed by atoms with Gasteiger partial charge in [-0.25, -0.2) is 5.43 Å². The van der Waals surface area contributed by atoms with E-state index in [1.807, 2.05) is 12.1 Å². The van der Waals surface area contributed by atoms with E-state index in [1.54, 1.807) is 0 Å². The van der Waals surface area contributed by atoms with Gasteiger partial charge in [0.25, 0.3) is 0 Å². The van der Waals surface area contributed by atoms with Crippen molar-refractivity contribution in [1.82, 2.24) is 20.7 Å². The average molecular weight is 354 g/mol. The Labute approximate surface area is 153 Å². The van der Waals surface area contributed by atoms with Crippen molar-refractivity contribution >= 4 is 22.7 Å². The Morgan fingerprint density at radius 3 is 2.96 bits per heavy atom. The normalized spacial score (nSPS) is 25.5. The lowest BCUT2D eigenvalue weighted by atomic mass is 9.73. The van der Waals surface area contributed by atoms with Crippen LogP contribution in [0.4, 0.5) is 0 Å². The number of fused-ring (bicyclic) bond motifs is 2. The van der Waals surface area contributed by atoms with Crippen LogP contribution in [0.5, 0.6) is 0 Å². The zero-order chi connectivity index (χ0) is 17.9. The van der Waals surface area contributed by atoms with Crippen molar-refractivity contribution in [3.05, 3.63) is 36.5 Å². The van der Waals surface area contributed by atoms with Gasteiger partial charge in [-0.05, 0) is 36.3 Å². The lowest BCUT2D eigenvalue weighted by Gasteiger charge is -2.40. The molecule has 3 atom stereocenters. The number of hydrazine groups is 1. The van der Waals surface area contributed by atoms with E-state index < -0.39 is 0 Å². The molecule has 1 aromatic heterocycles. The van der Waals surface area contributed by atoms with Crippen LogP contribution >= 0.6 is 0 Å². The van der Waals surface area contributed by atoms with Crippen molar-refractivity contribution in [2.75, 3.05) is 6.54 Å². The molecule has 0 radical (unpaired) electrons. The molecule has 1 saturated carbocycles. The second kappa shape index (κ2) is 7.50. The lowest BCUT2D eigenvalue weighted by molar-refractivity contribution is -0.135. The Bertz CT molecular complexity index is 800. The number of nitrogens with one attached hydrogen (secondary N) is 3. The lowest BCUT2D eigenvalue weighted by Crippen LogP contribution is -2.60. The van der Waals surface area contributed by atoms with Gasteiger partial charge < -0.3 is 9.88 Å². The molecular weight excluding hydrogens is 328 g/mol. The molecule has 6 nitrogen and oxygen atoms in total. The van der Waals surface area contributed by atoms with Gasteiger partial charge in [0.15, 0.2) is 0 Å². The van der Waals surface area contributed by atoms with Gasteiger partial charge in [-0.1, -0.05) is 31.0 Å². The van der Waals surface area contributed by atoms with E-state index in [9.17, 15) is 9.59 Å². The summed E-state index contributed by atoms with van der Waals surface area (Å²) in [6, 6.07) is 10.4. The van der Waals surface area contributed by atoms with E-state index >= 15 is 0 Å². The minimum absolute atomic E-state index is 0.0328. The molecule has 6 heteroatoms. The number of hydrogen-bond acceptors (Lipinski definition) is 3. The van der Waals surface area contributed by atoms with Crippen LogP contribution in [0.1, 0.15) is 32.1 Å². The monoisotopic (exact) mass is 354 g/mol. The summed E-state index contributed by atoms with van der Waals surface area (Å²) in [6.07, 6.45) is 6.69. The van der Waals surface area contributed by atoms with Crippen molar-refractivity contribution in [3.8, 4) is 0 Å². The largest absolute Gasteiger partial charge is 0.354 e. The Morgan fingerprint density at radius 2 is 2.04 bits per heavy atom. The SMILES string of the molecule is O=C(CC1NNC(=O)C2CCCCC12)NCCn1ccc2ccccc21. The van der Waals surface area contributed by atoms with E-state index in [-0.39, 0.29) is 29.7 Å². The summed E-state index contributed by atoms with van der Waals surface area (Å²) in [5, 5.41) is 4.24. The fourth-order valence-corrected chi connectivity index (χ4v) is 4.46. The van der Waals surface area contributed by atoms with Crippen LogP contribution in [0, 0.1) is 11.8 Å². The van der Waals surface area contributed by atoms with Crippen LogP contribution in [-0.4, -0.2) is 29.0 Å². The van der Waals surface area contributed by atoms with Crippen LogP contribution < -0.4 is 16.2 Å². The molecule has 1 saturated heterocycles. The van der Waals surface area contributed by atoms with Crippen LogP contribution in [0.15, 0.2) is 36.5 Å². The third kappa shape index (κ3) is 3.46. The predicted molar refractivity (Wildman–Crippen MR) is 100 cm³/mol. The maximum Gasteiger partial charge on any atom is 0.237 e. The summed E-state index contributed by atoms with van der Waals surface area (Å²) in [4.78, 5) is 24.4. The number of benzene rings is 1. The van der Waals surface area contributed by atoms with Crippen molar-refractivity contribution in [1.29, 1.82) is 0 Å². The highest BCUT2D eigenvalue weighted by atomic mass is 16.2. The Morgan fingerprint density at radius 1 is 1.19 bits per heavy atom. The van der Waals surface area contributed by atoms with Gasteiger partial charge in [-0.2, -0.15) is 0 Å². The molecule has 1 aliphatic heterocycles. The molecule has 26 heavy (non-hydrogen) atoms. The highest BCUT2D eigenvalue weighted by Crippen LogP contribution is 2.35. The highest BCUT2D eigenvalue weighted by molar-refractivity contribution is 5.81. The molecule has 0 bridgehead atoms. The fraction of sp³-hybridized carbons (Fsp3) is 0.500. The van der Waals surface area contributed by atoms with Crippen molar-refractivity contribution in [2.45, 2.75) is 44.7 Å². The number of amides is 2. The number of hydrogen-bond donors (Lipinski definition) is 3. The summed E-state index contributed by atoms with van der Waals surface area (Å²) >= 11 is 0. The second-order valence-corrected chi connectivity index (χ2v) is 7.42. The van der Waals surface area contributed by atoms with Gasteiger partial charge in [-0.3, -0.25) is 15.0 Å². The first-order chi connectivity index (χ1) is 12.7. The first-order valence-corrected chi connectivity index (χ1v) is 9.58. The molecule has 3 N–H and O–H groups in total. The summed E-state index contributed by atoms with van der Waals surface area (Å²) < 4.78 is 2.16. The number of rotatable bonds is 5. The molecule has 1 aliphatic carbocycles. The fourth-order valence-electron chi connectivity index (χ4n) is 4.46. The molecule has 2 fully saturated rings. The average Bonchev–Trinajstić information content (AvgIpc) is 3.08. The molecule has 4 rings (SSSR count).